The molecule has 108 valence electrons. The maximum Gasteiger partial charge on any atom is 0.214 e. The Kier molecular flexibility index (Phi) is 6.48. The summed E-state index contributed by atoms with van der Waals surface area (Å²) in [6.07, 6.45) is 2.02. The average molecular weight is 284 g/mol. The number of aryl methyl sites for hydroxylation is 1. The highest BCUT2D eigenvalue weighted by molar-refractivity contribution is 7.89. The van der Waals surface area contributed by atoms with Crippen LogP contribution in [0.15, 0.2) is 30.3 Å². The molecule has 1 atom stereocenters. The van der Waals surface area contributed by atoms with Crippen molar-refractivity contribution in [1.82, 2.24) is 9.62 Å². The van der Waals surface area contributed by atoms with E-state index in [0.717, 1.165) is 12.8 Å². The monoisotopic (exact) mass is 284 g/mol. The van der Waals surface area contributed by atoms with E-state index >= 15 is 0 Å². The molecule has 1 aromatic carbocycles. The summed E-state index contributed by atoms with van der Waals surface area (Å²) < 4.78 is 24.4. The fourth-order valence-corrected chi connectivity index (χ4v) is 2.49. The molecule has 4 nitrogen and oxygen atoms in total. The fraction of sp³-hybridized carbons (Fsp3) is 0.571. The second-order valence-electron chi connectivity index (χ2n) is 4.98. The van der Waals surface area contributed by atoms with Crippen LogP contribution in [0, 0.1) is 0 Å². The van der Waals surface area contributed by atoms with Crippen LogP contribution in [-0.2, 0) is 16.4 Å². The van der Waals surface area contributed by atoms with Gasteiger partial charge in [0.2, 0.25) is 10.0 Å². The molecule has 0 radical (unpaired) electrons. The van der Waals surface area contributed by atoms with Crippen LogP contribution in [0.1, 0.15) is 18.9 Å². The maximum absolute atomic E-state index is 11.6. The van der Waals surface area contributed by atoms with Gasteiger partial charge in [-0.2, -0.15) is 0 Å². The van der Waals surface area contributed by atoms with Crippen LogP contribution in [0.5, 0.6) is 0 Å². The molecule has 1 rings (SSSR count). The zero-order valence-electron chi connectivity index (χ0n) is 12.0. The van der Waals surface area contributed by atoms with Gasteiger partial charge in [0.15, 0.2) is 0 Å². The molecule has 19 heavy (non-hydrogen) atoms. The molecule has 0 aliphatic heterocycles. The minimum atomic E-state index is -3.09. The quantitative estimate of drug-likeness (QED) is 0.787. The number of sulfonamides is 1. The normalized spacial score (nSPS) is 13.7. The van der Waals surface area contributed by atoms with E-state index in [-0.39, 0.29) is 5.75 Å². The molecule has 0 aliphatic carbocycles. The highest BCUT2D eigenvalue weighted by Gasteiger charge is 2.13. The molecule has 0 aromatic heterocycles. The molecule has 0 unspecified atom stereocenters. The average Bonchev–Trinajstić information content (AvgIpc) is 2.37. The summed E-state index contributed by atoms with van der Waals surface area (Å²) in [5.41, 5.74) is 1.32. The molecule has 0 saturated heterocycles. The van der Waals surface area contributed by atoms with Gasteiger partial charge in [0.1, 0.15) is 0 Å². The predicted octanol–water partition coefficient (Wildman–Crippen LogP) is 1.49. The van der Waals surface area contributed by atoms with Crippen molar-refractivity contribution in [2.24, 2.45) is 0 Å². The molecule has 1 aromatic rings. The molecule has 0 saturated carbocycles. The van der Waals surface area contributed by atoms with Gasteiger partial charge in [-0.3, -0.25) is 0 Å². The molecule has 1 N–H and O–H groups in total. The van der Waals surface area contributed by atoms with Crippen molar-refractivity contribution in [3.63, 3.8) is 0 Å². The minimum absolute atomic E-state index is 0.148. The molecule has 0 fully saturated rings. The first-order valence-corrected chi connectivity index (χ1v) is 8.20. The summed E-state index contributed by atoms with van der Waals surface area (Å²) in [7, 11) is 0.0372. The lowest BCUT2D eigenvalue weighted by atomic mass is 10.1. The van der Waals surface area contributed by atoms with E-state index in [1.807, 2.05) is 18.2 Å². The van der Waals surface area contributed by atoms with Crippen molar-refractivity contribution in [1.29, 1.82) is 0 Å². The zero-order valence-corrected chi connectivity index (χ0v) is 12.8. The van der Waals surface area contributed by atoms with Crippen LogP contribution in [-0.4, -0.2) is 45.2 Å². The lowest BCUT2D eigenvalue weighted by Crippen LogP contribution is -2.35. The van der Waals surface area contributed by atoms with Crippen molar-refractivity contribution >= 4 is 10.0 Å². The molecular weight excluding hydrogens is 260 g/mol. The zero-order chi connectivity index (χ0) is 14.3. The van der Waals surface area contributed by atoms with E-state index in [1.54, 1.807) is 14.1 Å². The third-order valence-corrected chi connectivity index (χ3v) is 4.95. The van der Waals surface area contributed by atoms with Gasteiger partial charge < -0.3 is 5.32 Å². The SMILES string of the molecule is C[C@H](CCc1ccccc1)NCCS(=O)(=O)N(C)C. The Bertz CT molecular complexity index is 458. The second-order valence-corrected chi connectivity index (χ2v) is 7.28. The Labute approximate surface area is 116 Å². The smallest absolute Gasteiger partial charge is 0.214 e. The Balaban J connectivity index is 2.24. The van der Waals surface area contributed by atoms with E-state index in [4.69, 9.17) is 0 Å². The first-order chi connectivity index (χ1) is 8.92. The van der Waals surface area contributed by atoms with Crippen LogP contribution in [0.2, 0.25) is 0 Å². The van der Waals surface area contributed by atoms with Gasteiger partial charge in [0.25, 0.3) is 0 Å². The molecule has 0 aliphatic rings. The van der Waals surface area contributed by atoms with Gasteiger partial charge in [0.05, 0.1) is 5.75 Å². The van der Waals surface area contributed by atoms with Crippen molar-refractivity contribution in [2.45, 2.75) is 25.8 Å². The van der Waals surface area contributed by atoms with Gasteiger partial charge in [-0.25, -0.2) is 12.7 Å². The predicted molar refractivity (Wildman–Crippen MR) is 79.7 cm³/mol. The summed E-state index contributed by atoms with van der Waals surface area (Å²) in [5.74, 6) is 0.148. The van der Waals surface area contributed by atoms with Crippen molar-refractivity contribution in [3.8, 4) is 0 Å². The number of nitrogens with zero attached hydrogens (tertiary/aromatic N) is 1. The van der Waals surface area contributed by atoms with Crippen LogP contribution >= 0.6 is 0 Å². The number of rotatable bonds is 8. The minimum Gasteiger partial charge on any atom is -0.313 e. The van der Waals surface area contributed by atoms with Crippen LogP contribution < -0.4 is 5.32 Å². The van der Waals surface area contributed by atoms with Crippen LogP contribution in [0.25, 0.3) is 0 Å². The van der Waals surface area contributed by atoms with Crippen LogP contribution in [0.3, 0.4) is 0 Å². The Hall–Kier alpha value is -0.910. The van der Waals surface area contributed by atoms with E-state index in [2.05, 4.69) is 24.4 Å². The summed E-state index contributed by atoms with van der Waals surface area (Å²) in [6.45, 7) is 2.59. The summed E-state index contributed by atoms with van der Waals surface area (Å²) in [4.78, 5) is 0. The van der Waals surface area contributed by atoms with Gasteiger partial charge >= 0.3 is 0 Å². The Morgan fingerprint density at radius 1 is 1.21 bits per heavy atom. The topological polar surface area (TPSA) is 49.4 Å². The second kappa shape index (κ2) is 7.62. The third-order valence-electron chi connectivity index (χ3n) is 3.12. The highest BCUT2D eigenvalue weighted by atomic mass is 32.2. The lowest BCUT2D eigenvalue weighted by Gasteiger charge is -2.15. The van der Waals surface area contributed by atoms with Gasteiger partial charge in [-0.1, -0.05) is 30.3 Å². The fourth-order valence-electron chi connectivity index (χ4n) is 1.75. The van der Waals surface area contributed by atoms with E-state index in [9.17, 15) is 8.42 Å². The number of nitrogens with one attached hydrogen (secondary N) is 1. The summed E-state index contributed by atoms with van der Waals surface area (Å²) >= 11 is 0. The summed E-state index contributed by atoms with van der Waals surface area (Å²) in [5, 5.41) is 3.26. The van der Waals surface area contributed by atoms with Crippen molar-refractivity contribution in [3.05, 3.63) is 35.9 Å². The Morgan fingerprint density at radius 3 is 2.42 bits per heavy atom. The number of hydrogen-bond acceptors (Lipinski definition) is 3. The van der Waals surface area contributed by atoms with Crippen molar-refractivity contribution < 1.29 is 8.42 Å². The molecule has 0 heterocycles. The molecular formula is C14H24N2O2S. The number of benzene rings is 1. The molecule has 0 bridgehead atoms. The van der Waals surface area contributed by atoms with E-state index < -0.39 is 10.0 Å². The molecule has 0 spiro atoms. The van der Waals surface area contributed by atoms with E-state index in [1.165, 1.54) is 9.87 Å². The molecule has 0 amide bonds. The number of hydrogen-bond donors (Lipinski definition) is 1. The lowest BCUT2D eigenvalue weighted by molar-refractivity contribution is 0.502. The first kappa shape index (κ1) is 16.1. The largest absolute Gasteiger partial charge is 0.313 e. The van der Waals surface area contributed by atoms with E-state index in [0.29, 0.717) is 12.6 Å². The Morgan fingerprint density at radius 2 is 1.84 bits per heavy atom. The first-order valence-electron chi connectivity index (χ1n) is 6.59. The van der Waals surface area contributed by atoms with Gasteiger partial charge in [0, 0.05) is 26.7 Å². The maximum atomic E-state index is 11.6. The van der Waals surface area contributed by atoms with Gasteiger partial charge in [-0.15, -0.1) is 0 Å². The van der Waals surface area contributed by atoms with Gasteiger partial charge in [-0.05, 0) is 25.3 Å². The molecule has 5 heteroatoms. The summed E-state index contributed by atoms with van der Waals surface area (Å²) in [6, 6.07) is 10.6. The van der Waals surface area contributed by atoms with Crippen LogP contribution in [0.4, 0.5) is 0 Å². The van der Waals surface area contributed by atoms with Crippen molar-refractivity contribution in [2.75, 3.05) is 26.4 Å². The standard InChI is InChI=1S/C14H24N2O2S/c1-13(9-10-14-7-5-4-6-8-14)15-11-12-19(17,18)16(2)3/h4-8,13,15H,9-12H2,1-3H3/t13-/m1/s1. The third kappa shape index (κ3) is 6.18. The highest BCUT2D eigenvalue weighted by Crippen LogP contribution is 2.04.